The number of hydrogen-bond donors (Lipinski definition) is 2. The van der Waals surface area contributed by atoms with Crippen molar-refractivity contribution in [3.63, 3.8) is 0 Å². The smallest absolute Gasteiger partial charge is 0.257 e. The highest BCUT2D eigenvalue weighted by Gasteiger charge is 2.07. The van der Waals surface area contributed by atoms with Gasteiger partial charge in [-0.2, -0.15) is 0 Å². The molecule has 0 fully saturated rings. The van der Waals surface area contributed by atoms with Crippen LogP contribution in [0.2, 0.25) is 0 Å². The highest BCUT2D eigenvalue weighted by Crippen LogP contribution is 2.18. The van der Waals surface area contributed by atoms with Crippen molar-refractivity contribution in [2.75, 3.05) is 17.2 Å². The maximum Gasteiger partial charge on any atom is 0.257 e. The number of hydrogen-bond acceptors (Lipinski definition) is 4. The fourth-order valence-electron chi connectivity index (χ4n) is 2.71. The molecule has 29 heavy (non-hydrogen) atoms. The number of carbonyl (C=O) groups excluding carboxylic acids is 1. The third-order valence-corrected chi connectivity index (χ3v) is 4.14. The Morgan fingerprint density at radius 3 is 2.38 bits per heavy atom. The van der Waals surface area contributed by atoms with E-state index < -0.39 is 0 Å². The van der Waals surface area contributed by atoms with E-state index in [4.69, 9.17) is 4.74 Å². The van der Waals surface area contributed by atoms with Gasteiger partial charge in [0.1, 0.15) is 17.4 Å². The monoisotopic (exact) mass is 393 g/mol. The first-order valence-electron chi connectivity index (χ1n) is 9.52. The van der Waals surface area contributed by atoms with Gasteiger partial charge in [0.2, 0.25) is 0 Å². The van der Waals surface area contributed by atoms with Crippen LogP contribution in [0, 0.1) is 5.82 Å². The molecule has 0 spiro atoms. The van der Waals surface area contributed by atoms with Crippen LogP contribution in [-0.4, -0.2) is 23.5 Å². The number of pyridine rings is 1. The number of benzene rings is 2. The summed E-state index contributed by atoms with van der Waals surface area (Å²) in [6.45, 7) is 4.59. The number of aromatic nitrogens is 1. The van der Waals surface area contributed by atoms with Crippen LogP contribution in [0.4, 0.5) is 15.9 Å². The SMILES string of the molecule is CC(C)Oc1ccc(NC(=O)c2ccc(NCCc3ccc(F)cc3)nc2)cc1. The van der Waals surface area contributed by atoms with E-state index in [1.807, 2.05) is 26.0 Å². The van der Waals surface area contributed by atoms with Gasteiger partial charge >= 0.3 is 0 Å². The zero-order valence-corrected chi connectivity index (χ0v) is 16.5. The van der Waals surface area contributed by atoms with Crippen molar-refractivity contribution in [2.45, 2.75) is 26.4 Å². The van der Waals surface area contributed by atoms with Gasteiger partial charge in [0, 0.05) is 18.4 Å². The first-order chi connectivity index (χ1) is 14.0. The second kappa shape index (κ2) is 9.68. The fraction of sp³-hybridized carbons (Fsp3) is 0.217. The Kier molecular flexibility index (Phi) is 6.79. The predicted molar refractivity (Wildman–Crippen MR) is 113 cm³/mol. The number of amides is 1. The second-order valence-corrected chi connectivity index (χ2v) is 6.88. The molecule has 0 saturated heterocycles. The van der Waals surface area contributed by atoms with E-state index in [2.05, 4.69) is 15.6 Å². The molecule has 1 amide bonds. The Labute approximate surface area is 169 Å². The standard InChI is InChI=1S/C23H24FN3O2/c1-16(2)29-21-10-8-20(9-11-21)27-23(28)18-5-12-22(26-15-18)25-14-13-17-3-6-19(24)7-4-17/h3-12,15-16H,13-14H2,1-2H3,(H,25,26)(H,27,28). The van der Waals surface area contributed by atoms with Crippen LogP contribution in [0.3, 0.4) is 0 Å². The van der Waals surface area contributed by atoms with Gasteiger partial charge in [-0.05, 0) is 74.4 Å². The minimum atomic E-state index is -0.239. The minimum absolute atomic E-state index is 0.101. The average molecular weight is 393 g/mol. The molecule has 2 aromatic carbocycles. The quantitative estimate of drug-likeness (QED) is 0.570. The van der Waals surface area contributed by atoms with Crippen LogP contribution >= 0.6 is 0 Å². The number of anilines is 2. The predicted octanol–water partition coefficient (Wildman–Crippen LogP) is 4.91. The summed E-state index contributed by atoms with van der Waals surface area (Å²) < 4.78 is 18.5. The molecular weight excluding hydrogens is 369 g/mol. The zero-order chi connectivity index (χ0) is 20.6. The van der Waals surface area contributed by atoms with Crippen molar-refractivity contribution in [1.29, 1.82) is 0 Å². The van der Waals surface area contributed by atoms with Crippen LogP contribution in [0.5, 0.6) is 5.75 Å². The highest BCUT2D eigenvalue weighted by atomic mass is 19.1. The summed E-state index contributed by atoms with van der Waals surface area (Å²) in [5.74, 6) is 0.972. The molecule has 0 saturated carbocycles. The molecule has 2 N–H and O–H groups in total. The summed E-state index contributed by atoms with van der Waals surface area (Å²) in [6, 6.07) is 17.2. The summed E-state index contributed by atoms with van der Waals surface area (Å²) in [5.41, 5.74) is 2.20. The molecule has 0 bridgehead atoms. The molecule has 6 heteroatoms. The number of nitrogens with one attached hydrogen (secondary N) is 2. The molecule has 0 aliphatic carbocycles. The summed E-state index contributed by atoms with van der Waals surface area (Å²) in [4.78, 5) is 16.7. The molecule has 0 atom stereocenters. The second-order valence-electron chi connectivity index (χ2n) is 6.88. The lowest BCUT2D eigenvalue weighted by atomic mass is 10.1. The van der Waals surface area contributed by atoms with Crippen LogP contribution < -0.4 is 15.4 Å². The third kappa shape index (κ3) is 6.31. The third-order valence-electron chi connectivity index (χ3n) is 4.14. The number of nitrogens with zero attached hydrogens (tertiary/aromatic N) is 1. The molecular formula is C23H24FN3O2. The van der Waals surface area contributed by atoms with Crippen molar-refractivity contribution in [3.05, 3.63) is 83.8 Å². The number of ether oxygens (including phenoxy) is 1. The molecule has 0 radical (unpaired) electrons. The van der Waals surface area contributed by atoms with E-state index in [-0.39, 0.29) is 17.8 Å². The van der Waals surface area contributed by atoms with Crippen LogP contribution in [-0.2, 0) is 6.42 Å². The Morgan fingerprint density at radius 1 is 1.03 bits per heavy atom. The number of carbonyl (C=O) groups is 1. The molecule has 0 aliphatic rings. The van der Waals surface area contributed by atoms with Crippen molar-refractivity contribution in [2.24, 2.45) is 0 Å². The van der Waals surface area contributed by atoms with E-state index >= 15 is 0 Å². The molecule has 0 aliphatic heterocycles. The van der Waals surface area contributed by atoms with Gasteiger partial charge in [-0.25, -0.2) is 9.37 Å². The van der Waals surface area contributed by atoms with Crippen LogP contribution in [0.15, 0.2) is 66.9 Å². The van der Waals surface area contributed by atoms with Gasteiger partial charge in [0.25, 0.3) is 5.91 Å². The first-order valence-corrected chi connectivity index (χ1v) is 9.52. The maximum atomic E-state index is 12.9. The highest BCUT2D eigenvalue weighted by molar-refractivity contribution is 6.04. The van der Waals surface area contributed by atoms with E-state index in [0.717, 1.165) is 17.7 Å². The van der Waals surface area contributed by atoms with Gasteiger partial charge in [-0.1, -0.05) is 12.1 Å². The Balaban J connectivity index is 1.49. The summed E-state index contributed by atoms with van der Waals surface area (Å²) in [5, 5.41) is 6.04. The topological polar surface area (TPSA) is 63.2 Å². The maximum absolute atomic E-state index is 12.9. The van der Waals surface area contributed by atoms with Crippen molar-refractivity contribution < 1.29 is 13.9 Å². The lowest BCUT2D eigenvalue weighted by Gasteiger charge is -2.11. The largest absolute Gasteiger partial charge is 0.491 e. The lowest BCUT2D eigenvalue weighted by molar-refractivity contribution is 0.102. The molecule has 1 aromatic heterocycles. The van der Waals surface area contributed by atoms with E-state index in [1.165, 1.54) is 18.3 Å². The zero-order valence-electron chi connectivity index (χ0n) is 16.5. The first kappa shape index (κ1) is 20.3. The summed E-state index contributed by atoms with van der Waals surface area (Å²) >= 11 is 0. The average Bonchev–Trinajstić information content (AvgIpc) is 2.71. The van der Waals surface area contributed by atoms with Crippen molar-refractivity contribution in [1.82, 2.24) is 4.98 Å². The van der Waals surface area contributed by atoms with E-state index in [1.54, 1.807) is 36.4 Å². The van der Waals surface area contributed by atoms with Gasteiger partial charge in [-0.3, -0.25) is 4.79 Å². The van der Waals surface area contributed by atoms with Crippen LogP contribution in [0.25, 0.3) is 0 Å². The summed E-state index contributed by atoms with van der Waals surface area (Å²) in [7, 11) is 0. The van der Waals surface area contributed by atoms with Crippen LogP contribution in [0.1, 0.15) is 29.8 Å². The van der Waals surface area contributed by atoms with E-state index in [9.17, 15) is 9.18 Å². The molecule has 1 heterocycles. The molecule has 3 aromatic rings. The fourth-order valence-corrected chi connectivity index (χ4v) is 2.71. The number of halogens is 1. The molecule has 150 valence electrons. The van der Waals surface area contributed by atoms with Gasteiger partial charge in [0.05, 0.1) is 11.7 Å². The number of rotatable bonds is 8. The lowest BCUT2D eigenvalue weighted by Crippen LogP contribution is -2.13. The molecule has 5 nitrogen and oxygen atoms in total. The normalized spacial score (nSPS) is 10.6. The minimum Gasteiger partial charge on any atom is -0.491 e. The molecule has 3 rings (SSSR count). The Bertz CT molecular complexity index is 924. The van der Waals surface area contributed by atoms with Crippen molar-refractivity contribution >= 4 is 17.4 Å². The Hall–Kier alpha value is -3.41. The molecule has 0 unspecified atom stereocenters. The van der Waals surface area contributed by atoms with Crippen molar-refractivity contribution in [3.8, 4) is 5.75 Å². The van der Waals surface area contributed by atoms with E-state index in [0.29, 0.717) is 23.6 Å². The van der Waals surface area contributed by atoms with Gasteiger partial charge in [0.15, 0.2) is 0 Å². The summed E-state index contributed by atoms with van der Waals surface area (Å²) in [6.07, 6.45) is 2.39. The van der Waals surface area contributed by atoms with Gasteiger partial charge < -0.3 is 15.4 Å². The Morgan fingerprint density at radius 2 is 1.76 bits per heavy atom. The van der Waals surface area contributed by atoms with Gasteiger partial charge in [-0.15, -0.1) is 0 Å².